The molecule has 0 heterocycles. The van der Waals surface area contributed by atoms with Gasteiger partial charge in [0.05, 0.1) is 33.6 Å². The summed E-state index contributed by atoms with van der Waals surface area (Å²) in [6.07, 6.45) is 23.9. The van der Waals surface area contributed by atoms with Gasteiger partial charge >= 0.3 is 0 Å². The summed E-state index contributed by atoms with van der Waals surface area (Å²) < 4.78 is 0. The van der Waals surface area contributed by atoms with Crippen LogP contribution in [0.2, 0.25) is 0 Å². The summed E-state index contributed by atoms with van der Waals surface area (Å²) in [5, 5.41) is 64.6. The van der Waals surface area contributed by atoms with Crippen molar-refractivity contribution in [1.29, 1.82) is 0 Å². The van der Waals surface area contributed by atoms with E-state index in [-0.39, 0.29) is 0 Å². The summed E-state index contributed by atoms with van der Waals surface area (Å²) in [5.41, 5.74) is -0.834. The van der Waals surface area contributed by atoms with Crippen molar-refractivity contribution in [1.82, 2.24) is 0 Å². The molecule has 6 atom stereocenters. The van der Waals surface area contributed by atoms with E-state index in [2.05, 4.69) is 52.5 Å². The fourth-order valence-corrected chi connectivity index (χ4v) is 6.91. The lowest BCUT2D eigenvalue weighted by molar-refractivity contribution is -0.00580. The van der Waals surface area contributed by atoms with Crippen LogP contribution in [0.4, 0.5) is 0 Å². The van der Waals surface area contributed by atoms with E-state index in [1.54, 1.807) is 13.0 Å². The molecule has 300 valence electrons. The number of hydrogen-bond acceptors (Lipinski definition) is 6. The van der Waals surface area contributed by atoms with Crippen LogP contribution in [0.5, 0.6) is 0 Å². The molecule has 0 unspecified atom stereocenters. The molecule has 0 aliphatic carbocycles. The molecule has 6 heteroatoms. The van der Waals surface area contributed by atoms with Crippen LogP contribution < -0.4 is 0 Å². The Labute approximate surface area is 315 Å². The van der Waals surface area contributed by atoms with Crippen LogP contribution in [0.3, 0.4) is 0 Å². The molecule has 0 saturated carbocycles. The van der Waals surface area contributed by atoms with Crippen LogP contribution in [0.25, 0.3) is 0 Å². The average molecular weight is 721 g/mol. The van der Waals surface area contributed by atoms with Gasteiger partial charge in [-0.3, -0.25) is 0 Å². The third-order valence-electron chi connectivity index (χ3n) is 10.9. The Hall–Kier alpha value is -1.28. The van der Waals surface area contributed by atoms with E-state index in [9.17, 15) is 30.6 Å². The Morgan fingerprint density at radius 1 is 0.412 bits per heavy atom. The maximum atomic E-state index is 11.0. The second-order valence-electron chi connectivity index (χ2n) is 18.3. The first-order valence-corrected chi connectivity index (χ1v) is 20.2. The second-order valence-corrected chi connectivity index (χ2v) is 18.3. The monoisotopic (exact) mass is 721 g/mol. The van der Waals surface area contributed by atoms with E-state index in [1.165, 1.54) is 16.7 Å². The minimum Gasteiger partial charge on any atom is -0.390 e. The molecule has 0 saturated heterocycles. The van der Waals surface area contributed by atoms with E-state index < -0.39 is 33.6 Å². The van der Waals surface area contributed by atoms with E-state index in [1.807, 2.05) is 34.6 Å². The molecule has 0 aromatic carbocycles. The Bertz CT molecular complexity index is 1050. The van der Waals surface area contributed by atoms with Gasteiger partial charge in [0.2, 0.25) is 0 Å². The average Bonchev–Trinajstić information content (AvgIpc) is 2.95. The lowest BCUT2D eigenvalue weighted by atomic mass is 9.84. The molecular formula is C45H84O6. The van der Waals surface area contributed by atoms with Gasteiger partial charge in [-0.1, -0.05) is 41.0 Å². The summed E-state index contributed by atoms with van der Waals surface area (Å²) in [5.74, 6) is 0. The van der Waals surface area contributed by atoms with Gasteiger partial charge in [-0.05, 0) is 204 Å². The minimum atomic E-state index is -0.846. The second kappa shape index (κ2) is 23.5. The predicted molar refractivity (Wildman–Crippen MR) is 218 cm³/mol. The summed E-state index contributed by atoms with van der Waals surface area (Å²) >= 11 is 0. The number of hydrogen-bond donors (Lipinski definition) is 6. The number of aliphatic hydroxyl groups is 6. The molecule has 6 nitrogen and oxygen atoms in total. The van der Waals surface area contributed by atoms with Gasteiger partial charge in [-0.15, -0.1) is 6.58 Å². The first-order chi connectivity index (χ1) is 23.3. The number of rotatable bonds is 30. The van der Waals surface area contributed by atoms with Crippen LogP contribution >= 0.6 is 0 Å². The zero-order valence-electron chi connectivity index (χ0n) is 35.0. The van der Waals surface area contributed by atoms with Crippen LogP contribution in [0.15, 0.2) is 47.6 Å². The van der Waals surface area contributed by atoms with Crippen LogP contribution in [0, 0.1) is 0 Å². The lowest BCUT2D eigenvalue weighted by Crippen LogP contribution is -2.30. The van der Waals surface area contributed by atoms with Crippen LogP contribution in [0.1, 0.15) is 204 Å². The Balaban J connectivity index is 4.35. The zero-order chi connectivity index (χ0) is 39.4. The van der Waals surface area contributed by atoms with Crippen molar-refractivity contribution in [3.05, 3.63) is 47.6 Å². The van der Waals surface area contributed by atoms with Gasteiger partial charge in [0, 0.05) is 0 Å². The molecule has 0 rings (SSSR count). The quantitative estimate of drug-likeness (QED) is 0.0411. The highest BCUT2D eigenvalue weighted by molar-refractivity contribution is 5.05. The SMILES string of the molecule is C=C[C@@](C)(O)CC/C=C(\C)CC/C=C(\C)CCC[C@](C)(O)CCC[C@](C)(O)CCC[C@](C)(O)CCC[C@](C)(O)CCC[C@](C)(O)CCC=C(C)C. The summed E-state index contributed by atoms with van der Waals surface area (Å²) in [4.78, 5) is 0. The first-order valence-electron chi connectivity index (χ1n) is 20.2. The van der Waals surface area contributed by atoms with Crippen LogP contribution in [-0.2, 0) is 0 Å². The van der Waals surface area contributed by atoms with E-state index in [0.29, 0.717) is 64.2 Å². The van der Waals surface area contributed by atoms with Crippen molar-refractivity contribution < 1.29 is 30.6 Å². The first kappa shape index (κ1) is 49.7. The molecule has 0 aliphatic heterocycles. The topological polar surface area (TPSA) is 121 Å². The third-order valence-corrected chi connectivity index (χ3v) is 10.9. The largest absolute Gasteiger partial charge is 0.390 e. The van der Waals surface area contributed by atoms with Gasteiger partial charge in [0.25, 0.3) is 0 Å². The maximum Gasteiger partial charge on any atom is 0.0800 e. The van der Waals surface area contributed by atoms with Crippen molar-refractivity contribution in [2.24, 2.45) is 0 Å². The molecule has 0 aliphatic rings. The smallest absolute Gasteiger partial charge is 0.0800 e. The van der Waals surface area contributed by atoms with E-state index in [4.69, 9.17) is 0 Å². The Morgan fingerprint density at radius 3 is 1.10 bits per heavy atom. The fourth-order valence-electron chi connectivity index (χ4n) is 6.91. The van der Waals surface area contributed by atoms with Crippen molar-refractivity contribution in [2.45, 2.75) is 238 Å². The highest BCUT2D eigenvalue weighted by Crippen LogP contribution is 2.31. The molecule has 6 N–H and O–H groups in total. The van der Waals surface area contributed by atoms with Gasteiger partial charge in [0.1, 0.15) is 0 Å². The summed E-state index contributed by atoms with van der Waals surface area (Å²) in [7, 11) is 0. The zero-order valence-corrected chi connectivity index (χ0v) is 35.0. The van der Waals surface area contributed by atoms with Crippen molar-refractivity contribution >= 4 is 0 Å². The van der Waals surface area contributed by atoms with E-state index >= 15 is 0 Å². The highest BCUT2D eigenvalue weighted by Gasteiger charge is 2.28. The minimum absolute atomic E-state index is 0.596. The van der Waals surface area contributed by atoms with Crippen molar-refractivity contribution in [3.8, 4) is 0 Å². The standard InChI is InChI=1S/C45H84O6/c1-12-40(6,46)26-15-24-38(4)22-13-23-39(5)25-16-28-42(8,48)30-18-32-44(10,50)34-20-36-45(11,51)35-19-33-43(9,49)31-17-29-41(7,47)27-14-21-37(2)3/h12,21,23-24,46-51H,1,13-20,22,25-36H2,2-11H3/b38-24+,39-23+/t40-,41-,42+,43-,44+,45-/m1/s1. The molecule has 0 radical (unpaired) electrons. The highest BCUT2D eigenvalue weighted by atomic mass is 16.3. The number of allylic oxidation sites excluding steroid dienone is 6. The molecule has 0 spiro atoms. The van der Waals surface area contributed by atoms with Gasteiger partial charge in [-0.25, -0.2) is 0 Å². The van der Waals surface area contributed by atoms with Gasteiger partial charge in [0.15, 0.2) is 0 Å². The molecular weight excluding hydrogens is 636 g/mol. The van der Waals surface area contributed by atoms with Crippen LogP contribution in [-0.4, -0.2) is 64.2 Å². The summed E-state index contributed by atoms with van der Waals surface area (Å²) in [6.45, 7) is 23.3. The predicted octanol–water partition coefficient (Wildman–Crippen LogP) is 10.7. The Morgan fingerprint density at radius 2 is 0.725 bits per heavy atom. The third kappa shape index (κ3) is 28.8. The molecule has 0 aromatic rings. The van der Waals surface area contributed by atoms with E-state index in [0.717, 1.165) is 70.6 Å². The Kier molecular flexibility index (Phi) is 22.9. The lowest BCUT2D eigenvalue weighted by Gasteiger charge is -2.30. The maximum absolute atomic E-state index is 11.0. The normalized spacial score (nSPS) is 19.9. The van der Waals surface area contributed by atoms with Crippen molar-refractivity contribution in [2.75, 3.05) is 0 Å². The van der Waals surface area contributed by atoms with Gasteiger partial charge in [-0.2, -0.15) is 0 Å². The summed E-state index contributed by atoms with van der Waals surface area (Å²) in [6, 6.07) is 0. The molecule has 0 amide bonds. The molecule has 51 heavy (non-hydrogen) atoms. The van der Waals surface area contributed by atoms with Crippen molar-refractivity contribution in [3.63, 3.8) is 0 Å². The fraction of sp³-hybridized carbons (Fsp3) is 0.822. The molecule has 0 bridgehead atoms. The molecule has 0 fully saturated rings. The van der Waals surface area contributed by atoms with Gasteiger partial charge < -0.3 is 30.6 Å². The molecule has 0 aromatic heterocycles.